The first kappa shape index (κ1) is 14.6. The molecule has 0 unspecified atom stereocenters. The molecule has 3 heterocycles. The third kappa shape index (κ3) is 2.72. The number of halogens is 1. The molecule has 1 aromatic rings. The topological polar surface area (TPSA) is 82.0 Å². The SMILES string of the molecule is CCSC1=NSC2=NC(=O)C(=Cc3ccc(Br)o3)C(=N)N12. The molecular weight excluding hydrogens is 376 g/mol. The van der Waals surface area contributed by atoms with Crippen LogP contribution in [0.25, 0.3) is 6.08 Å². The summed E-state index contributed by atoms with van der Waals surface area (Å²) >= 11 is 5.83. The van der Waals surface area contributed by atoms with Gasteiger partial charge in [0.15, 0.2) is 9.84 Å². The molecule has 0 spiro atoms. The van der Waals surface area contributed by atoms with Gasteiger partial charge in [-0.15, -0.1) is 0 Å². The summed E-state index contributed by atoms with van der Waals surface area (Å²) in [6, 6.07) is 3.44. The van der Waals surface area contributed by atoms with Crippen LogP contribution in [-0.4, -0.2) is 32.7 Å². The molecule has 0 saturated heterocycles. The highest BCUT2D eigenvalue weighted by molar-refractivity contribution is 9.10. The molecule has 1 aromatic heterocycles. The third-order valence-electron chi connectivity index (χ3n) is 2.65. The Hall–Kier alpha value is -1.32. The number of carbonyl (C=O) groups is 1. The predicted molar refractivity (Wildman–Crippen MR) is 89.6 cm³/mol. The van der Waals surface area contributed by atoms with Crippen LogP contribution in [0, 0.1) is 5.41 Å². The molecule has 2 aliphatic rings. The molecule has 2 aliphatic heterocycles. The first-order valence-electron chi connectivity index (χ1n) is 5.97. The van der Waals surface area contributed by atoms with Crippen molar-refractivity contribution in [1.82, 2.24) is 4.90 Å². The number of fused-ring (bicyclic) bond motifs is 1. The third-order valence-corrected chi connectivity index (χ3v) is 4.71. The molecule has 6 nitrogen and oxygen atoms in total. The van der Waals surface area contributed by atoms with E-state index in [0.29, 0.717) is 20.8 Å². The van der Waals surface area contributed by atoms with Gasteiger partial charge in [0.25, 0.3) is 5.91 Å². The summed E-state index contributed by atoms with van der Waals surface area (Å²) < 4.78 is 10.2. The molecule has 0 aliphatic carbocycles. The quantitative estimate of drug-likeness (QED) is 0.624. The van der Waals surface area contributed by atoms with Crippen molar-refractivity contribution < 1.29 is 9.21 Å². The van der Waals surface area contributed by atoms with E-state index in [9.17, 15) is 4.79 Å². The number of carbonyl (C=O) groups excluding carboxylic acids is 1. The molecule has 0 radical (unpaired) electrons. The lowest BCUT2D eigenvalue weighted by Crippen LogP contribution is -2.41. The minimum atomic E-state index is -0.454. The number of nitrogens with zero attached hydrogens (tertiary/aromatic N) is 3. The standard InChI is InChI=1S/C12H9BrN4O2S2/c1-2-20-12-16-21-11-15-10(18)7(9(14)17(11)12)5-6-3-4-8(13)19-6/h3-5,14H,2H2,1H3. The van der Waals surface area contributed by atoms with Gasteiger partial charge in [-0.05, 0) is 39.9 Å². The highest BCUT2D eigenvalue weighted by atomic mass is 79.9. The Labute approximate surface area is 137 Å². The van der Waals surface area contributed by atoms with E-state index in [4.69, 9.17) is 9.83 Å². The Kier molecular flexibility index (Phi) is 4.05. The smallest absolute Gasteiger partial charge is 0.283 e. The molecule has 108 valence electrons. The Balaban J connectivity index is 1.97. The van der Waals surface area contributed by atoms with Crippen LogP contribution in [0.3, 0.4) is 0 Å². The lowest BCUT2D eigenvalue weighted by Gasteiger charge is -2.23. The number of amidine groups is 3. The molecule has 0 saturated carbocycles. The Morgan fingerprint density at radius 2 is 2.38 bits per heavy atom. The van der Waals surface area contributed by atoms with Crippen molar-refractivity contribution in [1.29, 1.82) is 5.41 Å². The summed E-state index contributed by atoms with van der Waals surface area (Å²) in [6.07, 6.45) is 1.52. The van der Waals surface area contributed by atoms with Gasteiger partial charge in [-0.3, -0.25) is 10.2 Å². The van der Waals surface area contributed by atoms with Gasteiger partial charge in [0, 0.05) is 0 Å². The van der Waals surface area contributed by atoms with Crippen molar-refractivity contribution in [2.24, 2.45) is 9.39 Å². The highest BCUT2D eigenvalue weighted by Crippen LogP contribution is 2.31. The summed E-state index contributed by atoms with van der Waals surface area (Å²) in [5, 5.41) is 9.36. The van der Waals surface area contributed by atoms with E-state index in [2.05, 4.69) is 25.3 Å². The van der Waals surface area contributed by atoms with Crippen LogP contribution in [0.4, 0.5) is 0 Å². The zero-order valence-corrected chi connectivity index (χ0v) is 14.0. The lowest BCUT2D eigenvalue weighted by molar-refractivity contribution is -0.114. The number of amides is 1. The van der Waals surface area contributed by atoms with Crippen LogP contribution in [0.15, 0.2) is 36.2 Å². The van der Waals surface area contributed by atoms with Gasteiger partial charge in [0.05, 0.1) is 17.5 Å². The highest BCUT2D eigenvalue weighted by Gasteiger charge is 2.37. The van der Waals surface area contributed by atoms with Crippen LogP contribution < -0.4 is 0 Å². The monoisotopic (exact) mass is 384 g/mol. The van der Waals surface area contributed by atoms with E-state index in [1.54, 1.807) is 17.0 Å². The fourth-order valence-corrected chi connectivity index (χ4v) is 3.66. The molecule has 21 heavy (non-hydrogen) atoms. The Morgan fingerprint density at radius 3 is 3.05 bits per heavy atom. The predicted octanol–water partition coefficient (Wildman–Crippen LogP) is 3.37. The van der Waals surface area contributed by atoms with Gasteiger partial charge in [-0.25, -0.2) is 4.90 Å². The average Bonchev–Trinajstić information content (AvgIpc) is 3.02. The molecule has 0 bridgehead atoms. The van der Waals surface area contributed by atoms with Crippen molar-refractivity contribution in [2.45, 2.75) is 6.92 Å². The van der Waals surface area contributed by atoms with Crippen LogP contribution in [0.5, 0.6) is 0 Å². The van der Waals surface area contributed by atoms with Crippen LogP contribution in [0.1, 0.15) is 12.7 Å². The molecule has 0 fully saturated rings. The molecular formula is C12H9BrN4O2S2. The van der Waals surface area contributed by atoms with Gasteiger partial charge < -0.3 is 4.42 Å². The Morgan fingerprint density at radius 1 is 1.57 bits per heavy atom. The molecule has 1 N–H and O–H groups in total. The van der Waals surface area contributed by atoms with E-state index in [0.717, 1.165) is 17.7 Å². The lowest BCUT2D eigenvalue weighted by atomic mass is 10.1. The minimum absolute atomic E-state index is 0.0715. The molecule has 0 atom stereocenters. The van der Waals surface area contributed by atoms with Gasteiger partial charge >= 0.3 is 0 Å². The number of rotatable bonds is 2. The summed E-state index contributed by atoms with van der Waals surface area (Å²) in [5.41, 5.74) is 0.188. The van der Waals surface area contributed by atoms with Crippen molar-refractivity contribution in [2.75, 3.05) is 5.75 Å². The fraction of sp³-hybridized carbons (Fsp3) is 0.167. The number of hydrogen-bond donors (Lipinski definition) is 1. The van der Waals surface area contributed by atoms with Gasteiger partial charge in [-0.1, -0.05) is 18.7 Å². The number of nitrogens with one attached hydrogen (secondary N) is 1. The largest absolute Gasteiger partial charge is 0.450 e. The van der Waals surface area contributed by atoms with Gasteiger partial charge in [-0.2, -0.15) is 9.39 Å². The van der Waals surface area contributed by atoms with E-state index >= 15 is 0 Å². The second-order valence-electron chi connectivity index (χ2n) is 3.98. The molecule has 0 aromatic carbocycles. The van der Waals surface area contributed by atoms with Crippen LogP contribution in [-0.2, 0) is 4.79 Å². The first-order chi connectivity index (χ1) is 10.1. The number of thioether (sulfide) groups is 1. The van der Waals surface area contributed by atoms with Crippen molar-refractivity contribution >= 4 is 67.8 Å². The van der Waals surface area contributed by atoms with E-state index in [-0.39, 0.29) is 11.4 Å². The van der Waals surface area contributed by atoms with E-state index in [1.165, 1.54) is 17.8 Å². The first-order valence-corrected chi connectivity index (χ1v) is 8.52. The number of aliphatic imine (C=N–C) groups is 1. The van der Waals surface area contributed by atoms with Crippen LogP contribution >= 0.6 is 39.6 Å². The zero-order chi connectivity index (χ0) is 15.0. The Bertz CT molecular complexity index is 723. The van der Waals surface area contributed by atoms with E-state index in [1.807, 2.05) is 6.92 Å². The summed E-state index contributed by atoms with van der Waals surface area (Å²) in [4.78, 5) is 17.7. The van der Waals surface area contributed by atoms with Gasteiger partial charge in [0.2, 0.25) is 5.17 Å². The second-order valence-corrected chi connectivity index (χ2v) is 6.72. The summed E-state index contributed by atoms with van der Waals surface area (Å²) in [6.45, 7) is 2.00. The minimum Gasteiger partial charge on any atom is -0.450 e. The van der Waals surface area contributed by atoms with Crippen molar-refractivity contribution in [3.05, 3.63) is 28.1 Å². The second kappa shape index (κ2) is 5.82. The average molecular weight is 385 g/mol. The van der Waals surface area contributed by atoms with Crippen molar-refractivity contribution in [3.63, 3.8) is 0 Å². The van der Waals surface area contributed by atoms with Gasteiger partial charge in [0.1, 0.15) is 11.6 Å². The normalized spacial score (nSPS) is 19.9. The van der Waals surface area contributed by atoms with E-state index < -0.39 is 5.91 Å². The fourth-order valence-electron chi connectivity index (χ4n) is 1.77. The number of furan rings is 1. The maximum Gasteiger partial charge on any atom is 0.283 e. The van der Waals surface area contributed by atoms with Crippen LogP contribution in [0.2, 0.25) is 0 Å². The maximum atomic E-state index is 12.1. The molecule has 3 rings (SSSR count). The summed E-state index contributed by atoms with van der Waals surface area (Å²) in [5.74, 6) is 0.933. The number of hydrogen-bond acceptors (Lipinski definition) is 6. The zero-order valence-electron chi connectivity index (χ0n) is 10.8. The summed E-state index contributed by atoms with van der Waals surface area (Å²) in [7, 11) is 0. The molecule has 9 heteroatoms. The maximum absolute atomic E-state index is 12.1. The molecule has 1 amide bonds. The van der Waals surface area contributed by atoms with Crippen molar-refractivity contribution in [3.8, 4) is 0 Å².